The van der Waals surface area contributed by atoms with Gasteiger partial charge < -0.3 is 9.47 Å². The number of pyridine rings is 1. The highest BCUT2D eigenvalue weighted by atomic mass is 35.5. The van der Waals surface area contributed by atoms with E-state index in [-0.39, 0.29) is 29.9 Å². The topological polar surface area (TPSA) is 65.7 Å². The van der Waals surface area contributed by atoms with Gasteiger partial charge in [0.25, 0.3) is 0 Å². The Morgan fingerprint density at radius 1 is 1.18 bits per heavy atom. The molecule has 0 atom stereocenters. The number of fused-ring (bicyclic) bond motifs is 1. The molecule has 6 nitrogen and oxygen atoms in total. The van der Waals surface area contributed by atoms with Gasteiger partial charge in [-0.15, -0.1) is 11.3 Å². The SMILES string of the molecule is [C-]#[N+]c1cc2c(Oc3ccc(CC(=O)Cc4ncc(Cl)s4)c(F)c3)ccnc2cc1OCCC. The zero-order chi connectivity index (χ0) is 24.1. The van der Waals surface area contributed by atoms with Gasteiger partial charge in [0.05, 0.1) is 31.3 Å². The van der Waals surface area contributed by atoms with Gasteiger partial charge in [-0.25, -0.2) is 14.2 Å². The van der Waals surface area contributed by atoms with Gasteiger partial charge >= 0.3 is 0 Å². The van der Waals surface area contributed by atoms with Crippen LogP contribution in [0.25, 0.3) is 15.7 Å². The zero-order valence-electron chi connectivity index (χ0n) is 18.2. The van der Waals surface area contributed by atoms with Crippen LogP contribution in [0, 0.1) is 12.4 Å². The minimum atomic E-state index is -0.543. The third kappa shape index (κ3) is 5.50. The van der Waals surface area contributed by atoms with Gasteiger partial charge in [0, 0.05) is 24.1 Å². The van der Waals surface area contributed by atoms with Crippen LogP contribution in [0.1, 0.15) is 23.9 Å². The predicted octanol–water partition coefficient (Wildman–Crippen LogP) is 6.97. The Morgan fingerprint density at radius 3 is 2.74 bits per heavy atom. The maximum absolute atomic E-state index is 14.7. The highest BCUT2D eigenvalue weighted by molar-refractivity contribution is 7.15. The number of hydrogen-bond acceptors (Lipinski definition) is 6. The van der Waals surface area contributed by atoms with E-state index in [2.05, 4.69) is 14.8 Å². The molecule has 0 bridgehead atoms. The number of thiazole rings is 1. The van der Waals surface area contributed by atoms with Crippen molar-refractivity contribution >= 4 is 45.3 Å². The molecule has 4 aromatic rings. The monoisotopic (exact) mass is 495 g/mol. The molecule has 172 valence electrons. The highest BCUT2D eigenvalue weighted by Crippen LogP contribution is 2.37. The molecule has 0 aliphatic heterocycles. The van der Waals surface area contributed by atoms with Crippen LogP contribution in [0.5, 0.6) is 17.2 Å². The quantitative estimate of drug-likeness (QED) is 0.234. The lowest BCUT2D eigenvalue weighted by Crippen LogP contribution is -2.07. The smallest absolute Gasteiger partial charge is 0.229 e. The standard InChI is InChI=1S/C25H19ClFN3O3S/c1-3-8-32-23-13-20-18(12-21(23)28-2)22(6-7-29-20)33-17-5-4-15(19(27)11-17)9-16(31)10-25-30-14-24(26)34-25/h4-7,11-14H,3,8-10H2,1H3. The molecule has 0 spiro atoms. The number of carbonyl (C=O) groups excluding carboxylic acids is 1. The average Bonchev–Trinajstić information content (AvgIpc) is 3.23. The molecular weight excluding hydrogens is 477 g/mol. The fourth-order valence-electron chi connectivity index (χ4n) is 3.32. The summed E-state index contributed by atoms with van der Waals surface area (Å²) in [6.07, 6.45) is 3.93. The van der Waals surface area contributed by atoms with E-state index in [4.69, 9.17) is 27.6 Å². The van der Waals surface area contributed by atoms with Crippen LogP contribution < -0.4 is 9.47 Å². The van der Waals surface area contributed by atoms with E-state index in [1.165, 1.54) is 29.7 Å². The molecule has 2 aromatic carbocycles. The molecule has 0 saturated carbocycles. The molecule has 0 aliphatic carbocycles. The van der Waals surface area contributed by atoms with Crippen molar-refractivity contribution in [3.8, 4) is 17.2 Å². The van der Waals surface area contributed by atoms with Crippen LogP contribution in [-0.2, 0) is 17.6 Å². The van der Waals surface area contributed by atoms with Crippen molar-refractivity contribution in [2.45, 2.75) is 26.2 Å². The summed E-state index contributed by atoms with van der Waals surface area (Å²) in [4.78, 5) is 24.2. The third-order valence-corrected chi connectivity index (χ3v) is 5.99. The summed E-state index contributed by atoms with van der Waals surface area (Å²) in [7, 11) is 0. The van der Waals surface area contributed by atoms with Crippen molar-refractivity contribution in [3.63, 3.8) is 0 Å². The van der Waals surface area contributed by atoms with Crippen molar-refractivity contribution in [2.24, 2.45) is 0 Å². The van der Waals surface area contributed by atoms with Crippen molar-refractivity contribution < 1.29 is 18.7 Å². The van der Waals surface area contributed by atoms with Gasteiger partial charge in [0.2, 0.25) is 5.69 Å². The first kappa shape index (κ1) is 23.6. The largest absolute Gasteiger partial charge is 0.505 e. The molecule has 0 aliphatic rings. The Morgan fingerprint density at radius 2 is 2.03 bits per heavy atom. The van der Waals surface area contributed by atoms with Gasteiger partial charge in [-0.1, -0.05) is 24.6 Å². The molecule has 34 heavy (non-hydrogen) atoms. The van der Waals surface area contributed by atoms with Crippen molar-refractivity contribution in [1.82, 2.24) is 9.97 Å². The lowest BCUT2D eigenvalue weighted by atomic mass is 10.1. The minimum absolute atomic E-state index is 0.0591. The van der Waals surface area contributed by atoms with Crippen LogP contribution in [0.2, 0.25) is 4.34 Å². The van der Waals surface area contributed by atoms with Crippen LogP contribution in [0.3, 0.4) is 0 Å². The number of aromatic nitrogens is 2. The second-order valence-corrected chi connectivity index (χ2v) is 9.16. The van der Waals surface area contributed by atoms with Crippen LogP contribution in [0.15, 0.2) is 48.8 Å². The van der Waals surface area contributed by atoms with Crippen LogP contribution in [0.4, 0.5) is 10.1 Å². The molecular formula is C25H19ClFN3O3S. The molecule has 0 unspecified atom stereocenters. The first-order chi connectivity index (χ1) is 16.5. The molecule has 2 aromatic heterocycles. The molecule has 0 N–H and O–H groups in total. The van der Waals surface area contributed by atoms with Gasteiger partial charge in [-0.2, -0.15) is 0 Å². The number of Topliss-reactive ketones (excluding diaryl/α,β-unsaturated/α-hetero) is 1. The molecule has 2 heterocycles. The zero-order valence-corrected chi connectivity index (χ0v) is 19.8. The molecule has 4 rings (SSSR count). The maximum Gasteiger partial charge on any atom is 0.229 e. The van der Waals surface area contributed by atoms with E-state index in [0.29, 0.717) is 44.0 Å². The Bertz CT molecular complexity index is 1400. The maximum atomic E-state index is 14.7. The van der Waals surface area contributed by atoms with Crippen molar-refractivity contribution in [1.29, 1.82) is 0 Å². The Kier molecular flexibility index (Phi) is 7.36. The van der Waals surface area contributed by atoms with E-state index >= 15 is 0 Å². The number of rotatable bonds is 9. The average molecular weight is 496 g/mol. The van der Waals surface area contributed by atoms with E-state index in [1.807, 2.05) is 6.92 Å². The fourth-order valence-corrected chi connectivity index (χ4v) is 4.30. The number of benzene rings is 2. The number of nitrogens with zero attached hydrogens (tertiary/aromatic N) is 3. The van der Waals surface area contributed by atoms with E-state index in [1.54, 1.807) is 30.5 Å². The minimum Gasteiger partial charge on any atom is -0.505 e. The summed E-state index contributed by atoms with van der Waals surface area (Å²) >= 11 is 7.07. The van der Waals surface area contributed by atoms with Gasteiger partial charge in [-0.3, -0.25) is 9.78 Å². The second kappa shape index (κ2) is 10.6. The first-order valence-corrected chi connectivity index (χ1v) is 11.7. The first-order valence-electron chi connectivity index (χ1n) is 10.5. The molecule has 0 fully saturated rings. The van der Waals surface area contributed by atoms with Crippen molar-refractivity contribution in [3.05, 3.63) is 80.9 Å². The Hall–Kier alpha value is -3.54. The molecule has 0 amide bonds. The summed E-state index contributed by atoms with van der Waals surface area (Å²) < 4.78 is 26.8. The van der Waals surface area contributed by atoms with E-state index in [0.717, 1.165) is 6.42 Å². The number of halogens is 2. The lowest BCUT2D eigenvalue weighted by molar-refractivity contribution is -0.117. The predicted molar refractivity (Wildman–Crippen MR) is 130 cm³/mol. The van der Waals surface area contributed by atoms with Crippen LogP contribution >= 0.6 is 22.9 Å². The van der Waals surface area contributed by atoms with E-state index in [9.17, 15) is 9.18 Å². The molecule has 0 radical (unpaired) electrons. The normalized spacial score (nSPS) is 10.8. The lowest BCUT2D eigenvalue weighted by Gasteiger charge is -2.12. The Labute approximate surface area is 204 Å². The summed E-state index contributed by atoms with van der Waals surface area (Å²) in [6, 6.07) is 9.38. The number of carbonyl (C=O) groups is 1. The van der Waals surface area contributed by atoms with Gasteiger partial charge in [-0.05, 0) is 36.2 Å². The van der Waals surface area contributed by atoms with Gasteiger partial charge in [0.1, 0.15) is 38.2 Å². The second-order valence-electron chi connectivity index (χ2n) is 7.41. The number of ketones is 1. The summed E-state index contributed by atoms with van der Waals surface area (Å²) in [5, 5.41) is 1.21. The van der Waals surface area contributed by atoms with Gasteiger partial charge in [0.15, 0.2) is 0 Å². The summed E-state index contributed by atoms with van der Waals surface area (Å²) in [6.45, 7) is 9.95. The summed E-state index contributed by atoms with van der Waals surface area (Å²) in [5.41, 5.74) is 1.22. The van der Waals surface area contributed by atoms with E-state index < -0.39 is 5.82 Å². The third-order valence-electron chi connectivity index (χ3n) is 4.88. The molecule has 9 heteroatoms. The number of hydrogen-bond donors (Lipinski definition) is 0. The van der Waals surface area contributed by atoms with Crippen molar-refractivity contribution in [2.75, 3.05) is 6.61 Å². The Balaban J connectivity index is 1.53. The highest BCUT2D eigenvalue weighted by Gasteiger charge is 2.15. The molecule has 0 saturated heterocycles. The summed E-state index contributed by atoms with van der Waals surface area (Å²) in [5.74, 6) is 0.462. The van der Waals surface area contributed by atoms with Crippen LogP contribution in [-0.4, -0.2) is 22.4 Å². The fraction of sp³-hybridized carbons (Fsp3) is 0.200. The number of ether oxygens (including phenoxy) is 2.